The molecule has 1 aromatic rings. The van der Waals surface area contributed by atoms with Gasteiger partial charge in [-0.05, 0) is 30.4 Å². The molecule has 2 aliphatic heterocycles. The number of allylic oxidation sites excluding steroid dienone is 1. The summed E-state index contributed by atoms with van der Waals surface area (Å²) in [4.78, 5) is 25.5. The summed E-state index contributed by atoms with van der Waals surface area (Å²) < 4.78 is 47.7. The van der Waals surface area contributed by atoms with Gasteiger partial charge in [-0.25, -0.2) is 9.69 Å². The number of nitrogens with zero attached hydrogens (tertiary/aromatic N) is 1. The number of amides is 2. The minimum atomic E-state index is -4.28. The minimum absolute atomic E-state index is 0.0767. The van der Waals surface area contributed by atoms with Crippen molar-refractivity contribution in [3.05, 3.63) is 48.0 Å². The van der Waals surface area contributed by atoms with Gasteiger partial charge in [0.25, 0.3) is 5.91 Å². The van der Waals surface area contributed by atoms with Crippen molar-refractivity contribution in [1.82, 2.24) is 4.90 Å². The number of rotatable bonds is 4. The number of carbonyl (C=O) groups is 2. The Kier molecular flexibility index (Phi) is 5.84. The van der Waals surface area contributed by atoms with E-state index >= 15 is 0 Å². The lowest BCUT2D eigenvalue weighted by Crippen LogP contribution is -2.33. The van der Waals surface area contributed by atoms with E-state index in [-0.39, 0.29) is 25.6 Å². The van der Waals surface area contributed by atoms with E-state index in [1.807, 2.05) is 6.07 Å². The molecule has 2 fully saturated rings. The van der Waals surface area contributed by atoms with Crippen LogP contribution in [0.5, 0.6) is 0 Å². The van der Waals surface area contributed by atoms with Crippen LogP contribution < -0.4 is 0 Å². The Morgan fingerprint density at radius 1 is 1.26 bits per heavy atom. The predicted octanol–water partition coefficient (Wildman–Crippen LogP) is 4.01. The van der Waals surface area contributed by atoms with Gasteiger partial charge in [0.15, 0.2) is 0 Å². The Labute approximate surface area is 154 Å². The molecule has 3 atom stereocenters. The third-order valence-electron chi connectivity index (χ3n) is 4.67. The second kappa shape index (κ2) is 8.12. The van der Waals surface area contributed by atoms with E-state index in [2.05, 4.69) is 0 Å². The summed E-state index contributed by atoms with van der Waals surface area (Å²) in [6.45, 7) is 0.287. The number of ether oxygens (including phenoxy) is 2. The summed E-state index contributed by atoms with van der Waals surface area (Å²) in [5, 5.41) is 0. The van der Waals surface area contributed by atoms with Crippen molar-refractivity contribution in [2.24, 2.45) is 5.92 Å². The third-order valence-corrected chi connectivity index (χ3v) is 4.67. The Balaban J connectivity index is 1.64. The fourth-order valence-electron chi connectivity index (χ4n) is 3.37. The second-order valence-corrected chi connectivity index (χ2v) is 6.67. The van der Waals surface area contributed by atoms with Crippen LogP contribution in [0.1, 0.15) is 30.9 Å². The summed E-state index contributed by atoms with van der Waals surface area (Å²) in [7, 11) is 0. The van der Waals surface area contributed by atoms with E-state index in [0.717, 1.165) is 10.5 Å². The van der Waals surface area contributed by atoms with Crippen LogP contribution in [0.25, 0.3) is 0 Å². The molecule has 2 aliphatic rings. The SMILES string of the molecule is O=C(/C=C/C1CCOC(CC(F)(F)F)C1)N1C(=O)OC[C@H]1c1ccccc1. The number of hydrogen-bond acceptors (Lipinski definition) is 4. The molecule has 0 saturated carbocycles. The average Bonchev–Trinajstić information content (AvgIpc) is 3.01. The van der Waals surface area contributed by atoms with E-state index in [1.54, 1.807) is 30.3 Å². The fourth-order valence-corrected chi connectivity index (χ4v) is 3.37. The first kappa shape index (κ1) is 19.4. The first-order valence-electron chi connectivity index (χ1n) is 8.75. The average molecular weight is 383 g/mol. The van der Waals surface area contributed by atoms with Gasteiger partial charge in [0, 0.05) is 6.61 Å². The van der Waals surface area contributed by atoms with Gasteiger partial charge in [-0.3, -0.25) is 4.79 Å². The van der Waals surface area contributed by atoms with Crippen molar-refractivity contribution in [2.75, 3.05) is 13.2 Å². The molecule has 0 bridgehead atoms. The molecule has 0 radical (unpaired) electrons. The lowest BCUT2D eigenvalue weighted by atomic mass is 9.93. The summed E-state index contributed by atoms with van der Waals surface area (Å²) >= 11 is 0. The minimum Gasteiger partial charge on any atom is -0.446 e. The molecule has 2 heterocycles. The molecule has 2 amide bonds. The number of cyclic esters (lactones) is 1. The smallest absolute Gasteiger partial charge is 0.417 e. The zero-order valence-electron chi connectivity index (χ0n) is 14.5. The Morgan fingerprint density at radius 2 is 2.00 bits per heavy atom. The zero-order valence-corrected chi connectivity index (χ0v) is 14.5. The van der Waals surface area contributed by atoms with Crippen LogP contribution >= 0.6 is 0 Å². The second-order valence-electron chi connectivity index (χ2n) is 6.67. The van der Waals surface area contributed by atoms with Crippen LogP contribution in [-0.4, -0.2) is 42.4 Å². The molecular formula is C19H20F3NO4. The summed E-state index contributed by atoms with van der Waals surface area (Å²) in [5.41, 5.74) is 0.779. The van der Waals surface area contributed by atoms with Gasteiger partial charge in [0.05, 0.1) is 12.5 Å². The van der Waals surface area contributed by atoms with Crippen molar-refractivity contribution in [3.63, 3.8) is 0 Å². The molecule has 0 spiro atoms. The molecule has 2 saturated heterocycles. The van der Waals surface area contributed by atoms with E-state index in [4.69, 9.17) is 9.47 Å². The van der Waals surface area contributed by atoms with Crippen molar-refractivity contribution in [3.8, 4) is 0 Å². The lowest BCUT2D eigenvalue weighted by Gasteiger charge is -2.28. The van der Waals surface area contributed by atoms with Crippen molar-refractivity contribution in [1.29, 1.82) is 0 Å². The van der Waals surface area contributed by atoms with E-state index in [1.165, 1.54) is 6.08 Å². The molecule has 0 aromatic heterocycles. The maximum absolute atomic E-state index is 12.5. The molecule has 0 aliphatic carbocycles. The third kappa shape index (κ3) is 5.09. The number of hydrogen-bond donors (Lipinski definition) is 0. The van der Waals surface area contributed by atoms with Gasteiger partial charge in [0.1, 0.15) is 12.6 Å². The lowest BCUT2D eigenvalue weighted by molar-refractivity contribution is -0.167. The highest BCUT2D eigenvalue weighted by Crippen LogP contribution is 2.31. The maximum atomic E-state index is 12.5. The molecule has 27 heavy (non-hydrogen) atoms. The van der Waals surface area contributed by atoms with Crippen molar-refractivity contribution >= 4 is 12.0 Å². The highest BCUT2D eigenvalue weighted by Gasteiger charge is 2.38. The van der Waals surface area contributed by atoms with Crippen LogP contribution in [0.15, 0.2) is 42.5 Å². The standard InChI is InChI=1S/C19H20F3NO4/c20-19(21,22)11-15-10-13(8-9-26-15)6-7-17(24)23-16(12-27-18(23)25)14-4-2-1-3-5-14/h1-7,13,15-16H,8-12H2/b7-6+/t13?,15?,16-/m0/s1. The van der Waals surface area contributed by atoms with Crippen LogP contribution in [0, 0.1) is 5.92 Å². The fraction of sp³-hybridized carbons (Fsp3) is 0.474. The van der Waals surface area contributed by atoms with Crippen molar-refractivity contribution in [2.45, 2.75) is 37.6 Å². The van der Waals surface area contributed by atoms with E-state index in [0.29, 0.717) is 6.42 Å². The topological polar surface area (TPSA) is 55.8 Å². The van der Waals surface area contributed by atoms with Crippen LogP contribution in [0.3, 0.4) is 0 Å². The van der Waals surface area contributed by atoms with Crippen molar-refractivity contribution < 1.29 is 32.2 Å². The summed E-state index contributed by atoms with van der Waals surface area (Å²) in [6.07, 6.45) is -3.36. The maximum Gasteiger partial charge on any atom is 0.417 e. The Bertz CT molecular complexity index is 705. The molecular weight excluding hydrogens is 363 g/mol. The Hall–Kier alpha value is -2.35. The number of halogens is 3. The Morgan fingerprint density at radius 3 is 2.70 bits per heavy atom. The number of imide groups is 1. The molecule has 0 N–H and O–H groups in total. The highest BCUT2D eigenvalue weighted by molar-refractivity contribution is 5.99. The predicted molar refractivity (Wildman–Crippen MR) is 89.7 cm³/mol. The molecule has 146 valence electrons. The van der Waals surface area contributed by atoms with Gasteiger partial charge in [-0.2, -0.15) is 13.2 Å². The monoisotopic (exact) mass is 383 g/mol. The zero-order chi connectivity index (χ0) is 19.4. The van der Waals surface area contributed by atoms with E-state index < -0.39 is 36.7 Å². The largest absolute Gasteiger partial charge is 0.446 e. The highest BCUT2D eigenvalue weighted by atomic mass is 19.4. The summed E-state index contributed by atoms with van der Waals surface area (Å²) in [6, 6.07) is 8.53. The van der Waals surface area contributed by atoms with Gasteiger partial charge in [0.2, 0.25) is 0 Å². The van der Waals surface area contributed by atoms with E-state index in [9.17, 15) is 22.8 Å². The molecule has 2 unspecified atom stereocenters. The first-order valence-corrected chi connectivity index (χ1v) is 8.75. The number of benzene rings is 1. The van der Waals surface area contributed by atoms with Gasteiger partial charge in [-0.1, -0.05) is 36.4 Å². The molecule has 5 nitrogen and oxygen atoms in total. The van der Waals surface area contributed by atoms with Gasteiger partial charge >= 0.3 is 12.3 Å². The van der Waals surface area contributed by atoms with Crippen LogP contribution in [-0.2, 0) is 14.3 Å². The molecule has 8 heteroatoms. The first-order chi connectivity index (χ1) is 12.8. The number of carbonyl (C=O) groups excluding carboxylic acids is 2. The quantitative estimate of drug-likeness (QED) is 0.738. The molecule has 3 rings (SSSR count). The van der Waals surface area contributed by atoms with Crippen LogP contribution in [0.2, 0.25) is 0 Å². The van der Waals surface area contributed by atoms with Crippen LogP contribution in [0.4, 0.5) is 18.0 Å². The molecule has 1 aromatic carbocycles. The summed E-state index contributed by atoms with van der Waals surface area (Å²) in [5.74, 6) is -0.742. The normalized spacial score (nSPS) is 26.4. The van der Waals surface area contributed by atoms with Gasteiger partial charge < -0.3 is 9.47 Å². The van der Waals surface area contributed by atoms with Gasteiger partial charge in [-0.15, -0.1) is 0 Å². The number of alkyl halides is 3.